The molecule has 0 radical (unpaired) electrons. The molecule has 2 aromatic carbocycles. The van der Waals surface area contributed by atoms with Crippen LogP contribution >= 0.6 is 0 Å². The molecule has 27 heavy (non-hydrogen) atoms. The lowest BCUT2D eigenvalue weighted by Gasteiger charge is -2.20. The average molecular weight is 366 g/mol. The van der Waals surface area contributed by atoms with Crippen LogP contribution in [0.25, 0.3) is 0 Å². The maximum Gasteiger partial charge on any atom is 0.223 e. The molecular weight excluding hydrogens is 340 g/mol. The van der Waals surface area contributed by atoms with Crippen molar-refractivity contribution in [3.63, 3.8) is 0 Å². The largest absolute Gasteiger partial charge is 0.384 e. The number of carbonyl (C=O) groups excluding carboxylic acids is 2. The molecule has 142 valence electrons. The van der Waals surface area contributed by atoms with E-state index < -0.39 is 17.7 Å². The molecule has 0 saturated carbocycles. The van der Waals surface area contributed by atoms with E-state index in [1.54, 1.807) is 19.1 Å². The van der Waals surface area contributed by atoms with Gasteiger partial charge in [0.05, 0.1) is 0 Å². The second-order valence-corrected chi connectivity index (χ2v) is 6.65. The van der Waals surface area contributed by atoms with Crippen LogP contribution in [0.3, 0.4) is 0 Å². The number of nitrogens with one attached hydrogen (secondary N) is 2. The lowest BCUT2D eigenvalue weighted by molar-refractivity contribution is -0.133. The summed E-state index contributed by atoms with van der Waals surface area (Å²) in [6, 6.07) is 16.9. The highest BCUT2D eigenvalue weighted by Gasteiger charge is 2.28. The predicted octanol–water partition coefficient (Wildman–Crippen LogP) is 1.96. The molecule has 0 bridgehead atoms. The van der Waals surface area contributed by atoms with Gasteiger partial charge in [0.1, 0.15) is 5.84 Å². The van der Waals surface area contributed by atoms with Crippen molar-refractivity contribution in [2.24, 2.45) is 23.3 Å². The van der Waals surface area contributed by atoms with Gasteiger partial charge in [-0.25, -0.2) is 0 Å². The number of hydrogen-bond donors (Lipinski definition) is 4. The number of aryl methyl sites for hydroxylation is 1. The predicted molar refractivity (Wildman–Crippen MR) is 106 cm³/mol. The Kier molecular flexibility index (Phi) is 7.11. The topological polar surface area (TPSA) is 122 Å². The van der Waals surface area contributed by atoms with Crippen molar-refractivity contribution in [2.75, 3.05) is 0 Å². The number of primary amides is 1. The fraction of sp³-hybridized carbons (Fsp3) is 0.286. The van der Waals surface area contributed by atoms with Crippen molar-refractivity contribution < 1.29 is 9.59 Å². The zero-order valence-electron chi connectivity index (χ0n) is 15.4. The Labute approximate surface area is 159 Å². The molecular formula is C21H26N4O2. The molecule has 0 saturated heterocycles. The number of nitrogens with two attached hydrogens (primary N) is 2. The second kappa shape index (κ2) is 9.52. The van der Waals surface area contributed by atoms with Crippen LogP contribution in [-0.4, -0.2) is 17.6 Å². The highest BCUT2D eigenvalue weighted by molar-refractivity contribution is 5.94. The second-order valence-electron chi connectivity index (χ2n) is 6.65. The molecule has 0 heterocycles. The molecule has 0 aromatic heterocycles. The Morgan fingerprint density at radius 1 is 1.00 bits per heavy atom. The summed E-state index contributed by atoms with van der Waals surface area (Å²) >= 11 is 0. The van der Waals surface area contributed by atoms with E-state index in [2.05, 4.69) is 5.32 Å². The number of amides is 2. The van der Waals surface area contributed by atoms with Gasteiger partial charge in [0.15, 0.2) is 0 Å². The van der Waals surface area contributed by atoms with Crippen LogP contribution in [0.15, 0.2) is 54.6 Å². The van der Waals surface area contributed by atoms with Gasteiger partial charge in [-0.05, 0) is 24.0 Å². The van der Waals surface area contributed by atoms with E-state index in [1.165, 1.54) is 0 Å². The van der Waals surface area contributed by atoms with Gasteiger partial charge in [-0.15, -0.1) is 0 Å². The van der Waals surface area contributed by atoms with Crippen molar-refractivity contribution in [1.82, 2.24) is 5.32 Å². The molecule has 2 rings (SSSR count). The van der Waals surface area contributed by atoms with E-state index in [-0.39, 0.29) is 11.7 Å². The molecule has 6 heteroatoms. The van der Waals surface area contributed by atoms with E-state index >= 15 is 0 Å². The number of nitrogen functional groups attached to an aromatic ring is 1. The highest BCUT2D eigenvalue weighted by atomic mass is 16.2. The number of hydrogen-bond acceptors (Lipinski definition) is 3. The number of carbonyl (C=O) groups is 2. The van der Waals surface area contributed by atoms with Gasteiger partial charge in [0.2, 0.25) is 11.8 Å². The first-order valence-corrected chi connectivity index (χ1v) is 8.92. The summed E-state index contributed by atoms with van der Waals surface area (Å²) < 4.78 is 0. The van der Waals surface area contributed by atoms with E-state index in [1.807, 2.05) is 42.5 Å². The Hall–Kier alpha value is -3.15. The minimum atomic E-state index is -0.523. The lowest BCUT2D eigenvalue weighted by atomic mass is 9.87. The zero-order valence-corrected chi connectivity index (χ0v) is 15.4. The van der Waals surface area contributed by atoms with Crippen LogP contribution in [0.5, 0.6) is 0 Å². The first kappa shape index (κ1) is 20.2. The summed E-state index contributed by atoms with van der Waals surface area (Å²) in [5, 5.41) is 10.2. The Balaban J connectivity index is 1.92. The van der Waals surface area contributed by atoms with E-state index in [4.69, 9.17) is 16.9 Å². The summed E-state index contributed by atoms with van der Waals surface area (Å²) in [6.07, 6.45) is 1.22. The summed E-state index contributed by atoms with van der Waals surface area (Å²) in [7, 11) is 0. The Bertz CT molecular complexity index is 788. The molecule has 0 fully saturated rings. The monoisotopic (exact) mass is 366 g/mol. The first-order chi connectivity index (χ1) is 12.9. The van der Waals surface area contributed by atoms with Gasteiger partial charge >= 0.3 is 0 Å². The quantitative estimate of drug-likeness (QED) is 0.401. The summed E-state index contributed by atoms with van der Waals surface area (Å²) in [5.74, 6) is -1.70. The van der Waals surface area contributed by atoms with Gasteiger partial charge in [0.25, 0.3) is 0 Å². The van der Waals surface area contributed by atoms with Crippen LogP contribution in [0.2, 0.25) is 0 Å². The number of rotatable bonds is 9. The van der Waals surface area contributed by atoms with Crippen LogP contribution < -0.4 is 16.8 Å². The van der Waals surface area contributed by atoms with Gasteiger partial charge in [0, 0.05) is 23.9 Å². The van der Waals surface area contributed by atoms with E-state index in [0.717, 1.165) is 11.1 Å². The average Bonchev–Trinajstić information content (AvgIpc) is 2.67. The third kappa shape index (κ3) is 5.95. The molecule has 2 atom stereocenters. The third-order valence-corrected chi connectivity index (χ3v) is 4.70. The fourth-order valence-corrected chi connectivity index (χ4v) is 2.94. The summed E-state index contributed by atoms with van der Waals surface area (Å²) in [5.41, 5.74) is 13.6. The molecule has 0 aliphatic rings. The summed E-state index contributed by atoms with van der Waals surface area (Å²) in [6.45, 7) is 2.07. The van der Waals surface area contributed by atoms with Gasteiger partial charge in [-0.3, -0.25) is 15.0 Å². The minimum Gasteiger partial charge on any atom is -0.384 e. The van der Waals surface area contributed by atoms with Crippen LogP contribution in [-0.2, 0) is 22.6 Å². The van der Waals surface area contributed by atoms with Crippen LogP contribution in [0, 0.1) is 17.2 Å². The smallest absolute Gasteiger partial charge is 0.223 e. The molecule has 1 unspecified atom stereocenters. The molecule has 6 nitrogen and oxygen atoms in total. The van der Waals surface area contributed by atoms with Gasteiger partial charge in [-0.1, -0.05) is 61.5 Å². The van der Waals surface area contributed by atoms with Crippen molar-refractivity contribution in [3.05, 3.63) is 71.3 Å². The van der Waals surface area contributed by atoms with E-state index in [0.29, 0.717) is 24.9 Å². The van der Waals surface area contributed by atoms with Crippen molar-refractivity contribution in [1.29, 1.82) is 5.41 Å². The van der Waals surface area contributed by atoms with Gasteiger partial charge < -0.3 is 16.8 Å². The Morgan fingerprint density at radius 3 is 2.19 bits per heavy atom. The number of amidine groups is 1. The molecule has 2 aromatic rings. The normalized spacial score (nSPS) is 12.8. The maximum absolute atomic E-state index is 12.5. The zero-order chi connectivity index (χ0) is 19.8. The standard InChI is InChI=1S/C21H26N4O2/c1-14(18(20(24)26)12-9-15-5-3-2-4-6-15)21(27)25-13-16-7-10-17(11-8-16)19(22)23/h2-8,10-11,14,18H,9,12-13H2,1H3,(H3,22,23)(H2,24,26)(H,25,27)/t14-,18?/m0/s1. The maximum atomic E-state index is 12.5. The SMILES string of the molecule is C[C@H](C(=O)NCc1ccc(C(=N)N)cc1)C(CCc1ccccc1)C(N)=O. The lowest BCUT2D eigenvalue weighted by Crippen LogP contribution is -2.39. The summed E-state index contributed by atoms with van der Waals surface area (Å²) in [4.78, 5) is 24.3. The molecule has 2 amide bonds. The highest BCUT2D eigenvalue weighted by Crippen LogP contribution is 2.19. The molecule has 6 N–H and O–H groups in total. The molecule has 0 spiro atoms. The third-order valence-electron chi connectivity index (χ3n) is 4.70. The molecule has 0 aliphatic heterocycles. The van der Waals surface area contributed by atoms with Crippen LogP contribution in [0.4, 0.5) is 0 Å². The Morgan fingerprint density at radius 2 is 1.63 bits per heavy atom. The van der Waals surface area contributed by atoms with Crippen molar-refractivity contribution >= 4 is 17.6 Å². The minimum absolute atomic E-state index is 0.00178. The molecule has 0 aliphatic carbocycles. The van der Waals surface area contributed by atoms with Crippen molar-refractivity contribution in [3.8, 4) is 0 Å². The van der Waals surface area contributed by atoms with Crippen LogP contribution in [0.1, 0.15) is 30.0 Å². The number of benzene rings is 2. The fourth-order valence-electron chi connectivity index (χ4n) is 2.94. The van der Waals surface area contributed by atoms with Crippen molar-refractivity contribution in [2.45, 2.75) is 26.3 Å². The van der Waals surface area contributed by atoms with Gasteiger partial charge in [-0.2, -0.15) is 0 Å². The first-order valence-electron chi connectivity index (χ1n) is 8.92. The van der Waals surface area contributed by atoms with E-state index in [9.17, 15) is 9.59 Å².